The Morgan fingerprint density at radius 2 is 1.66 bits per heavy atom. The van der Waals surface area contributed by atoms with Crippen LogP contribution in [0, 0.1) is 12.8 Å². The second-order valence-corrected chi connectivity index (χ2v) is 10.0. The molecule has 2 heterocycles. The average Bonchev–Trinajstić information content (AvgIpc) is 2.59. The van der Waals surface area contributed by atoms with Crippen LogP contribution in [0.5, 0.6) is 5.75 Å². The number of aromatic nitrogens is 2. The van der Waals surface area contributed by atoms with Gasteiger partial charge in [-0.15, -0.1) is 0 Å². The van der Waals surface area contributed by atoms with E-state index >= 15 is 0 Å². The zero-order chi connectivity index (χ0) is 20.8. The number of hydrogen-bond donors (Lipinski definition) is 2. The van der Waals surface area contributed by atoms with Crippen LogP contribution in [0.1, 0.15) is 51.8 Å². The summed E-state index contributed by atoms with van der Waals surface area (Å²) >= 11 is 0. The molecule has 4 heteroatoms. The molecular weight excluding hydrogens is 358 g/mol. The van der Waals surface area contributed by atoms with E-state index in [4.69, 9.17) is 0 Å². The predicted octanol–water partition coefficient (Wildman–Crippen LogP) is 5.41. The van der Waals surface area contributed by atoms with Gasteiger partial charge in [0.1, 0.15) is 5.75 Å². The number of phenols is 1. The van der Waals surface area contributed by atoms with E-state index in [1.165, 1.54) is 5.56 Å². The summed E-state index contributed by atoms with van der Waals surface area (Å²) < 4.78 is 0. The third kappa shape index (κ3) is 4.43. The maximum atomic E-state index is 10.5. The van der Waals surface area contributed by atoms with Crippen LogP contribution >= 0.6 is 0 Å². The van der Waals surface area contributed by atoms with E-state index in [9.17, 15) is 5.11 Å². The molecule has 0 atom stereocenters. The van der Waals surface area contributed by atoms with Gasteiger partial charge < -0.3 is 10.4 Å². The topological polar surface area (TPSA) is 58.0 Å². The summed E-state index contributed by atoms with van der Waals surface area (Å²) in [6.07, 6.45) is 3.19. The lowest BCUT2D eigenvalue weighted by Crippen LogP contribution is -2.58. The lowest BCUT2D eigenvalue weighted by atomic mass is 9.74. The van der Waals surface area contributed by atoms with Crippen molar-refractivity contribution in [3.63, 3.8) is 0 Å². The van der Waals surface area contributed by atoms with Gasteiger partial charge in [0.15, 0.2) is 0 Å². The molecule has 1 aromatic heterocycles. The molecule has 0 aliphatic carbocycles. The van der Waals surface area contributed by atoms with Crippen LogP contribution in [-0.2, 0) is 6.42 Å². The van der Waals surface area contributed by atoms with Gasteiger partial charge in [-0.25, -0.2) is 0 Å². The zero-order valence-electron chi connectivity index (χ0n) is 18.1. The molecule has 1 fully saturated rings. The van der Waals surface area contributed by atoms with Crippen molar-refractivity contribution in [2.24, 2.45) is 5.92 Å². The maximum absolute atomic E-state index is 10.5. The van der Waals surface area contributed by atoms with Gasteiger partial charge in [0.2, 0.25) is 0 Å². The molecule has 4 nitrogen and oxygen atoms in total. The normalized spacial score (nSPS) is 18.8. The number of benzene rings is 2. The molecule has 2 N–H and O–H groups in total. The van der Waals surface area contributed by atoms with Gasteiger partial charge in [0, 0.05) is 16.6 Å². The Morgan fingerprint density at radius 1 is 0.931 bits per heavy atom. The van der Waals surface area contributed by atoms with Crippen molar-refractivity contribution in [3.05, 3.63) is 53.7 Å². The number of fused-ring (bicyclic) bond motifs is 1. The van der Waals surface area contributed by atoms with Gasteiger partial charge in [-0.05, 0) is 94.8 Å². The van der Waals surface area contributed by atoms with E-state index in [0.717, 1.165) is 41.3 Å². The standard InChI is InChI=1S/C25H31N3O/c1-16-6-7-18-12-21(23(29)13-19(18)10-16)22-9-8-20(26-27-22)11-17-14-24(2,3)28-25(4,5)15-17/h6-10,12-13,17,28-29H,11,14-15H2,1-5H3. The van der Waals surface area contributed by atoms with E-state index in [1.54, 1.807) is 0 Å². The first-order valence-electron chi connectivity index (χ1n) is 10.5. The van der Waals surface area contributed by atoms with Gasteiger partial charge in [0.05, 0.1) is 11.4 Å². The van der Waals surface area contributed by atoms with Crippen molar-refractivity contribution in [1.29, 1.82) is 0 Å². The molecule has 29 heavy (non-hydrogen) atoms. The minimum Gasteiger partial charge on any atom is -0.507 e. The average molecular weight is 390 g/mol. The minimum absolute atomic E-state index is 0.134. The molecule has 0 spiro atoms. The molecule has 152 valence electrons. The Hall–Kier alpha value is -2.46. The highest BCUT2D eigenvalue weighted by Gasteiger charge is 2.37. The highest BCUT2D eigenvalue weighted by molar-refractivity contribution is 5.90. The van der Waals surface area contributed by atoms with Crippen LogP contribution in [0.2, 0.25) is 0 Å². The highest BCUT2D eigenvalue weighted by atomic mass is 16.3. The first kappa shape index (κ1) is 19.8. The van der Waals surface area contributed by atoms with Gasteiger partial charge in [-0.3, -0.25) is 0 Å². The van der Waals surface area contributed by atoms with E-state index in [-0.39, 0.29) is 16.8 Å². The Morgan fingerprint density at radius 3 is 2.31 bits per heavy atom. The molecule has 1 saturated heterocycles. The van der Waals surface area contributed by atoms with Crippen molar-refractivity contribution in [3.8, 4) is 17.0 Å². The number of piperidine rings is 1. The summed E-state index contributed by atoms with van der Waals surface area (Å²) in [4.78, 5) is 0. The minimum atomic E-state index is 0.134. The summed E-state index contributed by atoms with van der Waals surface area (Å²) in [6.45, 7) is 11.2. The Bertz CT molecular complexity index is 1020. The number of aromatic hydroxyl groups is 1. The summed E-state index contributed by atoms with van der Waals surface area (Å²) in [5, 5.41) is 25.3. The fourth-order valence-corrected chi connectivity index (χ4v) is 5.20. The van der Waals surface area contributed by atoms with Crippen molar-refractivity contribution in [1.82, 2.24) is 15.5 Å². The Labute approximate surface area is 173 Å². The van der Waals surface area contributed by atoms with E-state index in [1.807, 2.05) is 18.2 Å². The molecule has 0 amide bonds. The number of phenolic OH excluding ortho intramolecular Hbond substituents is 1. The van der Waals surface area contributed by atoms with E-state index < -0.39 is 0 Å². The quantitative estimate of drug-likeness (QED) is 0.629. The number of aryl methyl sites for hydroxylation is 1. The Balaban J connectivity index is 1.56. The molecule has 0 saturated carbocycles. The summed E-state index contributed by atoms with van der Waals surface area (Å²) in [7, 11) is 0. The van der Waals surface area contributed by atoms with Crippen LogP contribution < -0.4 is 5.32 Å². The van der Waals surface area contributed by atoms with E-state index in [2.05, 4.69) is 74.4 Å². The SMILES string of the molecule is Cc1ccc2cc(-c3ccc(CC4CC(C)(C)NC(C)(C)C4)nn3)c(O)cc2c1. The predicted molar refractivity (Wildman–Crippen MR) is 119 cm³/mol. The molecule has 0 unspecified atom stereocenters. The highest BCUT2D eigenvalue weighted by Crippen LogP contribution is 2.35. The van der Waals surface area contributed by atoms with Crippen LogP contribution in [-0.4, -0.2) is 26.4 Å². The smallest absolute Gasteiger partial charge is 0.125 e. The van der Waals surface area contributed by atoms with Crippen LogP contribution in [0.3, 0.4) is 0 Å². The molecule has 0 radical (unpaired) electrons. The van der Waals surface area contributed by atoms with Gasteiger partial charge >= 0.3 is 0 Å². The third-order valence-electron chi connectivity index (χ3n) is 5.88. The lowest BCUT2D eigenvalue weighted by molar-refractivity contribution is 0.128. The molecule has 0 bridgehead atoms. The largest absolute Gasteiger partial charge is 0.507 e. The molecular formula is C25H31N3O. The van der Waals surface area contributed by atoms with E-state index in [0.29, 0.717) is 11.6 Å². The summed E-state index contributed by atoms with van der Waals surface area (Å²) in [5.74, 6) is 0.825. The van der Waals surface area contributed by atoms with Crippen molar-refractivity contribution in [2.75, 3.05) is 0 Å². The number of rotatable bonds is 3. The first-order valence-corrected chi connectivity index (χ1v) is 10.5. The van der Waals surface area contributed by atoms with Gasteiger partial charge in [0.25, 0.3) is 0 Å². The third-order valence-corrected chi connectivity index (χ3v) is 5.88. The zero-order valence-corrected chi connectivity index (χ0v) is 18.1. The summed E-state index contributed by atoms with van der Waals surface area (Å²) in [6, 6.07) is 14.1. The fourth-order valence-electron chi connectivity index (χ4n) is 5.20. The second-order valence-electron chi connectivity index (χ2n) is 10.0. The van der Waals surface area contributed by atoms with Gasteiger partial charge in [-0.2, -0.15) is 10.2 Å². The fraction of sp³-hybridized carbons (Fsp3) is 0.440. The number of nitrogens with one attached hydrogen (secondary N) is 1. The van der Waals surface area contributed by atoms with Gasteiger partial charge in [-0.1, -0.05) is 23.8 Å². The molecule has 2 aromatic carbocycles. The first-order chi connectivity index (χ1) is 13.6. The van der Waals surface area contributed by atoms with Crippen LogP contribution in [0.15, 0.2) is 42.5 Å². The molecule has 1 aliphatic heterocycles. The molecule has 3 aromatic rings. The monoisotopic (exact) mass is 389 g/mol. The number of hydrogen-bond acceptors (Lipinski definition) is 4. The summed E-state index contributed by atoms with van der Waals surface area (Å²) in [5.41, 5.74) is 3.90. The van der Waals surface area contributed by atoms with Crippen molar-refractivity contribution < 1.29 is 5.11 Å². The second kappa shape index (κ2) is 7.10. The number of nitrogens with zero attached hydrogens (tertiary/aromatic N) is 2. The van der Waals surface area contributed by atoms with Crippen LogP contribution in [0.25, 0.3) is 22.0 Å². The molecule has 4 rings (SSSR count). The van der Waals surface area contributed by atoms with Crippen molar-refractivity contribution in [2.45, 2.75) is 65.0 Å². The molecule has 1 aliphatic rings. The Kier molecular flexibility index (Phi) is 4.86. The van der Waals surface area contributed by atoms with Crippen LogP contribution in [0.4, 0.5) is 0 Å². The lowest BCUT2D eigenvalue weighted by Gasteiger charge is -2.46. The maximum Gasteiger partial charge on any atom is 0.125 e. The van der Waals surface area contributed by atoms with Crippen molar-refractivity contribution >= 4 is 10.8 Å².